The lowest BCUT2D eigenvalue weighted by molar-refractivity contribution is 0.0328. The van der Waals surface area contributed by atoms with Crippen molar-refractivity contribution in [2.24, 2.45) is 11.8 Å². The minimum absolute atomic E-state index is 0.136. The van der Waals surface area contributed by atoms with E-state index in [4.69, 9.17) is 4.74 Å². The molecule has 2 aliphatic rings. The maximum Gasteiger partial charge on any atom is 0.321 e. The van der Waals surface area contributed by atoms with E-state index in [0.717, 1.165) is 5.56 Å². The predicted molar refractivity (Wildman–Crippen MR) is 100 cm³/mol. The van der Waals surface area contributed by atoms with Gasteiger partial charge in [-0.3, -0.25) is 0 Å². The summed E-state index contributed by atoms with van der Waals surface area (Å²) in [4.78, 5) is 14.4. The van der Waals surface area contributed by atoms with Gasteiger partial charge in [-0.05, 0) is 54.5 Å². The number of fused-ring (bicyclic) bond motifs is 1. The average molecular weight is 370 g/mol. The van der Waals surface area contributed by atoms with Gasteiger partial charge in [-0.25, -0.2) is 9.18 Å². The molecule has 1 saturated heterocycles. The van der Waals surface area contributed by atoms with Crippen molar-refractivity contribution in [3.8, 4) is 5.75 Å². The Bertz CT molecular complexity index is 826. The lowest BCUT2D eigenvalue weighted by Gasteiger charge is -2.26. The van der Waals surface area contributed by atoms with Crippen molar-refractivity contribution in [3.63, 3.8) is 0 Å². The number of carbonyl (C=O) groups is 1. The number of nitrogens with one attached hydrogen (secondary N) is 1. The lowest BCUT2D eigenvalue weighted by Crippen LogP contribution is -2.35. The van der Waals surface area contributed by atoms with Gasteiger partial charge < -0.3 is 20.1 Å². The zero-order valence-corrected chi connectivity index (χ0v) is 15.2. The number of aliphatic hydroxyl groups is 1. The van der Waals surface area contributed by atoms with E-state index in [1.807, 2.05) is 18.2 Å². The van der Waals surface area contributed by atoms with Crippen molar-refractivity contribution >= 4 is 11.7 Å². The fourth-order valence-corrected chi connectivity index (χ4v) is 4.42. The number of ether oxygens (including phenoxy) is 1. The maximum absolute atomic E-state index is 13.2. The molecule has 6 heteroatoms. The fraction of sp³-hybridized carbons (Fsp3) is 0.381. The highest BCUT2D eigenvalue weighted by Gasteiger charge is 2.49. The number of hydrogen-bond donors (Lipinski definition) is 2. The molecule has 4 rings (SSSR count). The van der Waals surface area contributed by atoms with Crippen LogP contribution in [-0.2, 0) is 5.60 Å². The van der Waals surface area contributed by atoms with Crippen LogP contribution in [0.25, 0.3) is 0 Å². The number of benzene rings is 2. The van der Waals surface area contributed by atoms with Crippen LogP contribution in [0.4, 0.5) is 14.9 Å². The number of nitrogens with zero attached hydrogens (tertiary/aromatic N) is 1. The lowest BCUT2D eigenvalue weighted by atomic mass is 9.90. The summed E-state index contributed by atoms with van der Waals surface area (Å²) in [6.45, 7) is 1.23. The number of rotatable bonds is 3. The smallest absolute Gasteiger partial charge is 0.321 e. The van der Waals surface area contributed by atoms with Crippen molar-refractivity contribution < 1.29 is 19.0 Å². The molecule has 1 aliphatic carbocycles. The molecular formula is C21H23FN2O3. The molecule has 5 nitrogen and oxygen atoms in total. The molecule has 1 saturated carbocycles. The van der Waals surface area contributed by atoms with E-state index < -0.39 is 5.60 Å². The quantitative estimate of drug-likeness (QED) is 0.868. The van der Waals surface area contributed by atoms with Gasteiger partial charge in [-0.15, -0.1) is 0 Å². The summed E-state index contributed by atoms with van der Waals surface area (Å²) in [5, 5.41) is 13.9. The molecular weight excluding hydrogens is 347 g/mol. The molecule has 0 radical (unpaired) electrons. The second-order valence-corrected chi connectivity index (χ2v) is 7.53. The van der Waals surface area contributed by atoms with Gasteiger partial charge in [-0.2, -0.15) is 0 Å². The van der Waals surface area contributed by atoms with Crippen molar-refractivity contribution in [1.82, 2.24) is 4.90 Å². The first-order valence-corrected chi connectivity index (χ1v) is 9.15. The van der Waals surface area contributed by atoms with E-state index in [-0.39, 0.29) is 23.7 Å². The van der Waals surface area contributed by atoms with Crippen LogP contribution < -0.4 is 10.1 Å². The SMILES string of the molecule is COc1cccc(NC(=O)N2C[C@@H]3CC(O)(c4ccc(F)cc4)C[C@@H]3C2)c1. The predicted octanol–water partition coefficient (Wildman–Crippen LogP) is 3.60. The molecule has 0 bridgehead atoms. The number of urea groups is 1. The highest BCUT2D eigenvalue weighted by Crippen LogP contribution is 2.49. The van der Waals surface area contributed by atoms with E-state index >= 15 is 0 Å². The van der Waals surface area contributed by atoms with Crippen LogP contribution in [0.15, 0.2) is 48.5 Å². The number of hydrogen-bond acceptors (Lipinski definition) is 3. The Kier molecular flexibility index (Phi) is 4.52. The minimum atomic E-state index is -0.932. The normalized spacial score (nSPS) is 26.7. The largest absolute Gasteiger partial charge is 0.497 e. The van der Waals surface area contributed by atoms with Gasteiger partial charge in [-0.1, -0.05) is 18.2 Å². The first kappa shape index (κ1) is 17.8. The van der Waals surface area contributed by atoms with E-state index in [9.17, 15) is 14.3 Å². The van der Waals surface area contributed by atoms with Crippen LogP contribution in [-0.4, -0.2) is 36.2 Å². The second kappa shape index (κ2) is 6.85. The molecule has 0 spiro atoms. The fourth-order valence-electron chi connectivity index (χ4n) is 4.42. The van der Waals surface area contributed by atoms with Gasteiger partial charge in [0.1, 0.15) is 11.6 Å². The topological polar surface area (TPSA) is 61.8 Å². The second-order valence-electron chi connectivity index (χ2n) is 7.53. The summed E-state index contributed by atoms with van der Waals surface area (Å²) >= 11 is 0. The van der Waals surface area contributed by atoms with Crippen LogP contribution in [0.5, 0.6) is 5.75 Å². The van der Waals surface area contributed by atoms with Crippen LogP contribution in [0.2, 0.25) is 0 Å². The third-order valence-corrected chi connectivity index (χ3v) is 5.77. The molecule has 2 aromatic carbocycles. The van der Waals surface area contributed by atoms with Gasteiger partial charge in [0.05, 0.1) is 12.7 Å². The van der Waals surface area contributed by atoms with Crippen molar-refractivity contribution in [2.45, 2.75) is 18.4 Å². The molecule has 2 fully saturated rings. The van der Waals surface area contributed by atoms with Crippen molar-refractivity contribution in [1.29, 1.82) is 0 Å². The standard InChI is InChI=1S/C21H23FN2O3/c1-27-19-4-2-3-18(9-19)23-20(25)24-12-14-10-21(26,11-15(14)13-24)16-5-7-17(22)8-6-16/h2-9,14-15,26H,10-13H2,1H3,(H,23,25)/t14-,15+,21?. The van der Waals surface area contributed by atoms with Crippen LogP contribution in [0, 0.1) is 17.7 Å². The van der Waals surface area contributed by atoms with Gasteiger partial charge in [0, 0.05) is 24.8 Å². The zero-order chi connectivity index (χ0) is 19.0. The molecule has 2 N–H and O–H groups in total. The summed E-state index contributed by atoms with van der Waals surface area (Å²) < 4.78 is 18.3. The molecule has 0 aromatic heterocycles. The van der Waals surface area contributed by atoms with Gasteiger partial charge in [0.2, 0.25) is 0 Å². The highest BCUT2D eigenvalue weighted by atomic mass is 19.1. The minimum Gasteiger partial charge on any atom is -0.497 e. The average Bonchev–Trinajstić information content (AvgIpc) is 3.18. The number of halogens is 1. The van der Waals surface area contributed by atoms with E-state index in [1.54, 1.807) is 30.2 Å². The van der Waals surface area contributed by atoms with Crippen molar-refractivity contribution in [2.75, 3.05) is 25.5 Å². The third kappa shape index (κ3) is 3.49. The Balaban J connectivity index is 1.39. The molecule has 3 atom stereocenters. The number of amides is 2. The Labute approximate surface area is 157 Å². The molecule has 27 heavy (non-hydrogen) atoms. The van der Waals surface area contributed by atoms with E-state index in [1.165, 1.54) is 12.1 Å². The van der Waals surface area contributed by atoms with Gasteiger partial charge in [0.15, 0.2) is 0 Å². The maximum atomic E-state index is 13.2. The molecule has 2 aromatic rings. The Hall–Kier alpha value is -2.60. The Morgan fingerprint density at radius 3 is 2.48 bits per heavy atom. The first-order chi connectivity index (χ1) is 13.0. The summed E-state index contributed by atoms with van der Waals surface area (Å²) in [6, 6.07) is 13.2. The monoisotopic (exact) mass is 370 g/mol. The number of anilines is 1. The van der Waals surface area contributed by atoms with Crippen LogP contribution in [0.3, 0.4) is 0 Å². The first-order valence-electron chi connectivity index (χ1n) is 9.15. The van der Waals surface area contributed by atoms with Gasteiger partial charge in [0.25, 0.3) is 0 Å². The molecule has 1 heterocycles. The summed E-state index contributed by atoms with van der Waals surface area (Å²) in [7, 11) is 1.59. The van der Waals surface area contributed by atoms with Crippen LogP contribution >= 0.6 is 0 Å². The van der Waals surface area contributed by atoms with Crippen LogP contribution in [0.1, 0.15) is 18.4 Å². The summed E-state index contributed by atoms with van der Waals surface area (Å²) in [5.41, 5.74) is 0.517. The van der Waals surface area contributed by atoms with E-state index in [2.05, 4.69) is 5.32 Å². The zero-order valence-electron chi connectivity index (χ0n) is 15.2. The highest BCUT2D eigenvalue weighted by molar-refractivity contribution is 5.89. The summed E-state index contributed by atoms with van der Waals surface area (Å²) in [5.74, 6) is 0.878. The Morgan fingerprint density at radius 1 is 1.19 bits per heavy atom. The molecule has 1 unspecified atom stereocenters. The van der Waals surface area contributed by atoms with Crippen molar-refractivity contribution in [3.05, 3.63) is 59.9 Å². The number of likely N-dealkylation sites (tertiary alicyclic amines) is 1. The number of carbonyl (C=O) groups excluding carboxylic acids is 1. The van der Waals surface area contributed by atoms with E-state index in [0.29, 0.717) is 37.4 Å². The third-order valence-electron chi connectivity index (χ3n) is 5.77. The number of methoxy groups -OCH3 is 1. The molecule has 142 valence electrons. The molecule has 1 aliphatic heterocycles. The molecule has 2 amide bonds. The summed E-state index contributed by atoms with van der Waals surface area (Å²) in [6.07, 6.45) is 1.18. The Morgan fingerprint density at radius 2 is 1.85 bits per heavy atom. The van der Waals surface area contributed by atoms with Gasteiger partial charge >= 0.3 is 6.03 Å².